The number of nitrogens with two attached hydrogens (primary N) is 1. The van der Waals surface area contributed by atoms with Gasteiger partial charge in [-0.2, -0.15) is 0 Å². The highest BCUT2D eigenvalue weighted by molar-refractivity contribution is 9.10. The lowest BCUT2D eigenvalue weighted by Gasteiger charge is -2.23. The molecule has 0 spiro atoms. The molecule has 1 amide bonds. The van der Waals surface area contributed by atoms with Gasteiger partial charge in [0, 0.05) is 27.5 Å². The number of anilines is 2. The molecule has 1 unspecified atom stereocenters. The standard InChI is InChI=1S/C17H17BrN2O/c1-10-7-12(3-5-15(10)18)17(21)20-11(2)8-13-9-14(19)4-6-16(13)20/h3-7,9,11H,8,19H2,1-2H3. The Labute approximate surface area is 132 Å². The SMILES string of the molecule is Cc1cc(C(=O)N2c3ccc(N)cc3CC2C)ccc1Br. The van der Waals surface area contributed by atoms with Crippen molar-refractivity contribution in [3.05, 3.63) is 57.6 Å². The van der Waals surface area contributed by atoms with Crippen molar-refractivity contribution < 1.29 is 4.79 Å². The lowest BCUT2D eigenvalue weighted by molar-refractivity contribution is 0.0981. The first-order valence-electron chi connectivity index (χ1n) is 6.95. The van der Waals surface area contributed by atoms with Crippen molar-refractivity contribution in [2.75, 3.05) is 10.6 Å². The second-order valence-electron chi connectivity index (χ2n) is 5.58. The summed E-state index contributed by atoms with van der Waals surface area (Å²) in [5.41, 5.74) is 10.5. The van der Waals surface area contributed by atoms with Crippen LogP contribution in [-0.2, 0) is 6.42 Å². The van der Waals surface area contributed by atoms with E-state index in [2.05, 4.69) is 22.9 Å². The van der Waals surface area contributed by atoms with Crippen LogP contribution < -0.4 is 10.6 Å². The van der Waals surface area contributed by atoms with Gasteiger partial charge in [0.1, 0.15) is 0 Å². The number of nitrogen functional groups attached to an aromatic ring is 1. The molecule has 1 atom stereocenters. The number of carbonyl (C=O) groups is 1. The van der Waals surface area contributed by atoms with Crippen molar-refractivity contribution in [1.29, 1.82) is 0 Å². The van der Waals surface area contributed by atoms with Crippen LogP contribution in [0.25, 0.3) is 0 Å². The van der Waals surface area contributed by atoms with E-state index >= 15 is 0 Å². The van der Waals surface area contributed by atoms with E-state index in [4.69, 9.17) is 5.73 Å². The van der Waals surface area contributed by atoms with E-state index in [1.54, 1.807) is 0 Å². The van der Waals surface area contributed by atoms with E-state index in [1.807, 2.05) is 48.2 Å². The molecule has 0 fully saturated rings. The van der Waals surface area contributed by atoms with Crippen LogP contribution >= 0.6 is 15.9 Å². The number of nitrogens with zero attached hydrogens (tertiary/aromatic N) is 1. The summed E-state index contributed by atoms with van der Waals surface area (Å²) in [6, 6.07) is 11.6. The summed E-state index contributed by atoms with van der Waals surface area (Å²) >= 11 is 3.47. The van der Waals surface area contributed by atoms with Crippen LogP contribution in [0.3, 0.4) is 0 Å². The highest BCUT2D eigenvalue weighted by atomic mass is 79.9. The first-order valence-corrected chi connectivity index (χ1v) is 7.75. The van der Waals surface area contributed by atoms with Gasteiger partial charge in [-0.25, -0.2) is 0 Å². The van der Waals surface area contributed by atoms with Crippen molar-refractivity contribution in [3.63, 3.8) is 0 Å². The molecule has 1 aliphatic rings. The molecule has 108 valence electrons. The van der Waals surface area contributed by atoms with E-state index in [0.717, 1.165) is 33.4 Å². The Morgan fingerprint density at radius 1 is 1.29 bits per heavy atom. The summed E-state index contributed by atoms with van der Waals surface area (Å²) in [4.78, 5) is 14.7. The number of halogens is 1. The number of fused-ring (bicyclic) bond motifs is 1. The molecule has 0 saturated carbocycles. The van der Waals surface area contributed by atoms with E-state index in [1.165, 1.54) is 0 Å². The molecule has 1 aliphatic heterocycles. The van der Waals surface area contributed by atoms with Crippen LogP contribution in [0.2, 0.25) is 0 Å². The zero-order valence-electron chi connectivity index (χ0n) is 12.1. The molecule has 0 bridgehead atoms. The quantitative estimate of drug-likeness (QED) is 0.796. The molecule has 2 N–H and O–H groups in total. The molecule has 2 aromatic carbocycles. The predicted octanol–water partition coefficient (Wildman–Crippen LogP) is 3.93. The second kappa shape index (κ2) is 5.19. The van der Waals surface area contributed by atoms with E-state index < -0.39 is 0 Å². The predicted molar refractivity (Wildman–Crippen MR) is 89.7 cm³/mol. The maximum absolute atomic E-state index is 12.8. The zero-order valence-corrected chi connectivity index (χ0v) is 13.6. The minimum atomic E-state index is 0.0432. The summed E-state index contributed by atoms with van der Waals surface area (Å²) in [7, 11) is 0. The molecule has 0 aromatic heterocycles. The smallest absolute Gasteiger partial charge is 0.258 e. The summed E-state index contributed by atoms with van der Waals surface area (Å²) in [5.74, 6) is 0.0432. The van der Waals surface area contributed by atoms with Crippen LogP contribution in [0.4, 0.5) is 11.4 Å². The van der Waals surface area contributed by atoms with Crippen LogP contribution in [0.5, 0.6) is 0 Å². The lowest BCUT2D eigenvalue weighted by Crippen LogP contribution is -2.35. The highest BCUT2D eigenvalue weighted by Crippen LogP contribution is 2.34. The molecule has 1 heterocycles. The molecule has 21 heavy (non-hydrogen) atoms. The summed E-state index contributed by atoms with van der Waals surface area (Å²) in [6.07, 6.45) is 0.849. The van der Waals surface area contributed by atoms with Gasteiger partial charge in [-0.15, -0.1) is 0 Å². The second-order valence-corrected chi connectivity index (χ2v) is 6.43. The third-order valence-electron chi connectivity index (χ3n) is 3.94. The van der Waals surface area contributed by atoms with Crippen LogP contribution in [0, 0.1) is 6.92 Å². The third-order valence-corrected chi connectivity index (χ3v) is 4.83. The van der Waals surface area contributed by atoms with Crippen molar-refractivity contribution >= 4 is 33.2 Å². The van der Waals surface area contributed by atoms with E-state index in [9.17, 15) is 4.79 Å². The van der Waals surface area contributed by atoms with Crippen LogP contribution in [-0.4, -0.2) is 11.9 Å². The summed E-state index contributed by atoms with van der Waals surface area (Å²) in [6.45, 7) is 4.06. The molecule has 0 saturated heterocycles. The van der Waals surface area contributed by atoms with Gasteiger partial charge in [-0.05, 0) is 67.8 Å². The fourth-order valence-corrected chi connectivity index (χ4v) is 3.12. The van der Waals surface area contributed by atoms with Crippen LogP contribution in [0.15, 0.2) is 40.9 Å². The van der Waals surface area contributed by atoms with Gasteiger partial charge in [0.25, 0.3) is 5.91 Å². The van der Waals surface area contributed by atoms with E-state index in [-0.39, 0.29) is 11.9 Å². The average molecular weight is 345 g/mol. The van der Waals surface area contributed by atoms with Gasteiger partial charge < -0.3 is 10.6 Å². The van der Waals surface area contributed by atoms with Crippen molar-refractivity contribution in [3.8, 4) is 0 Å². The Bertz CT molecular complexity index is 727. The van der Waals surface area contributed by atoms with Gasteiger partial charge in [-0.3, -0.25) is 4.79 Å². The number of hydrogen-bond donors (Lipinski definition) is 1. The molecule has 0 radical (unpaired) electrons. The van der Waals surface area contributed by atoms with Gasteiger partial charge in [0.05, 0.1) is 0 Å². The largest absolute Gasteiger partial charge is 0.399 e. The molecule has 2 aromatic rings. The van der Waals surface area contributed by atoms with Gasteiger partial charge in [-0.1, -0.05) is 15.9 Å². The van der Waals surface area contributed by atoms with Crippen molar-refractivity contribution in [2.24, 2.45) is 0 Å². The maximum atomic E-state index is 12.8. The molecular weight excluding hydrogens is 328 g/mol. The molecular formula is C17H17BrN2O. The minimum Gasteiger partial charge on any atom is -0.399 e. The Morgan fingerprint density at radius 3 is 2.76 bits per heavy atom. The van der Waals surface area contributed by atoms with E-state index in [0.29, 0.717) is 5.56 Å². The van der Waals surface area contributed by atoms with Gasteiger partial charge in [0.15, 0.2) is 0 Å². The van der Waals surface area contributed by atoms with Crippen molar-refractivity contribution in [1.82, 2.24) is 0 Å². The number of hydrogen-bond acceptors (Lipinski definition) is 2. The molecule has 3 nitrogen and oxygen atoms in total. The molecule has 0 aliphatic carbocycles. The molecule has 3 rings (SSSR count). The Kier molecular flexibility index (Phi) is 3.49. The Hall–Kier alpha value is -1.81. The number of aryl methyl sites for hydroxylation is 1. The first-order chi connectivity index (χ1) is 9.97. The number of rotatable bonds is 1. The normalized spacial score (nSPS) is 16.9. The van der Waals surface area contributed by atoms with Crippen molar-refractivity contribution in [2.45, 2.75) is 26.3 Å². The average Bonchev–Trinajstić information content (AvgIpc) is 2.76. The number of amides is 1. The fraction of sp³-hybridized carbons (Fsp3) is 0.235. The summed E-state index contributed by atoms with van der Waals surface area (Å²) in [5, 5.41) is 0. The maximum Gasteiger partial charge on any atom is 0.258 e. The number of benzene rings is 2. The third kappa shape index (κ3) is 2.44. The van der Waals surface area contributed by atoms with Crippen LogP contribution in [0.1, 0.15) is 28.4 Å². The minimum absolute atomic E-state index is 0.0432. The Balaban J connectivity index is 2.00. The van der Waals surface area contributed by atoms with Gasteiger partial charge in [0.2, 0.25) is 0 Å². The fourth-order valence-electron chi connectivity index (χ4n) is 2.88. The first kappa shape index (κ1) is 14.1. The van der Waals surface area contributed by atoms with Gasteiger partial charge >= 0.3 is 0 Å². The molecule has 4 heteroatoms. The zero-order chi connectivity index (χ0) is 15.1. The highest BCUT2D eigenvalue weighted by Gasteiger charge is 2.31. The lowest BCUT2D eigenvalue weighted by atomic mass is 10.1. The summed E-state index contributed by atoms with van der Waals surface area (Å²) < 4.78 is 1.02. The Morgan fingerprint density at radius 2 is 2.05 bits per heavy atom. The topological polar surface area (TPSA) is 46.3 Å². The monoisotopic (exact) mass is 344 g/mol. The number of carbonyl (C=O) groups excluding carboxylic acids is 1.